The minimum Gasteiger partial charge on any atom is -0.491 e. The number of fused-ring (bicyclic) bond motifs is 1. The number of hydrogen-bond donors (Lipinski definition) is 1. The third-order valence-electron chi connectivity index (χ3n) is 10.9. The molecule has 0 radical (unpaired) electrons. The highest BCUT2D eigenvalue weighted by Gasteiger charge is 2.45. The molecule has 14 heteroatoms. The monoisotopic (exact) mass is 792 g/mol. The van der Waals surface area contributed by atoms with Gasteiger partial charge in [-0.25, -0.2) is 9.97 Å². The Bertz CT molecular complexity index is 2230. The number of piperidine rings is 2. The fourth-order valence-electron chi connectivity index (χ4n) is 7.49. The van der Waals surface area contributed by atoms with Gasteiger partial charge in [-0.05, 0) is 97.5 Å². The number of nitriles is 1. The number of anilines is 1. The van der Waals surface area contributed by atoms with Gasteiger partial charge in [0.25, 0.3) is 11.8 Å². The Labute approximate surface area is 334 Å². The molecule has 12 nitrogen and oxygen atoms in total. The first-order valence-corrected chi connectivity index (χ1v) is 20.1. The van der Waals surface area contributed by atoms with Gasteiger partial charge in [-0.1, -0.05) is 49.3 Å². The molecule has 1 atom stereocenters. The highest BCUT2D eigenvalue weighted by molar-refractivity contribution is 7.98. The molecule has 1 N–H and O–H groups in total. The number of carbonyl (C=O) groups excluding carboxylic acids is 4. The van der Waals surface area contributed by atoms with Crippen molar-refractivity contribution < 1.29 is 28.7 Å². The highest BCUT2D eigenvalue weighted by Crippen LogP contribution is 2.39. The fraction of sp³-hybridized carbons (Fsp3) is 0.357. The number of nitrogens with zero attached hydrogens (tertiary/aromatic N) is 5. The molecular formula is C42H41ClN6O6S. The Balaban J connectivity index is 0.923. The van der Waals surface area contributed by atoms with E-state index in [0.29, 0.717) is 40.6 Å². The number of aromatic nitrogens is 2. The topological polar surface area (TPSA) is 155 Å². The second-order valence-electron chi connectivity index (χ2n) is 14.7. The zero-order valence-electron chi connectivity index (χ0n) is 31.3. The summed E-state index contributed by atoms with van der Waals surface area (Å²) in [7, 11) is 0. The summed E-state index contributed by atoms with van der Waals surface area (Å²) in [6.07, 6.45) is 6.42. The van der Waals surface area contributed by atoms with Crippen LogP contribution >= 0.6 is 23.4 Å². The number of ether oxygens (including phenoxy) is 2. The summed E-state index contributed by atoms with van der Waals surface area (Å²) in [5.74, 6) is -0.573. The first-order valence-electron chi connectivity index (χ1n) is 18.5. The van der Waals surface area contributed by atoms with Gasteiger partial charge in [0.15, 0.2) is 10.9 Å². The molecule has 4 amide bonds. The van der Waals surface area contributed by atoms with E-state index in [1.807, 2.05) is 54.8 Å². The highest BCUT2D eigenvalue weighted by atomic mass is 35.5. The van der Waals surface area contributed by atoms with E-state index in [0.717, 1.165) is 65.5 Å². The predicted octanol–water partition coefficient (Wildman–Crippen LogP) is 6.72. The molecule has 0 spiro atoms. The normalized spacial score (nSPS) is 17.4. The zero-order chi connectivity index (χ0) is 39.6. The van der Waals surface area contributed by atoms with E-state index in [4.69, 9.17) is 21.1 Å². The summed E-state index contributed by atoms with van der Waals surface area (Å²) in [4.78, 5) is 62.3. The standard InChI is InChI=1S/C42H41ClN6O6S/c1-42(2,27-4-7-31(8-5-27)55-24-29-12-16-45-41(46-29)56-3)28-20-26(23-44)37(34(43)21-28)54-19-15-25-13-17-48(18-14-25)30-6-9-32-33(22-30)40(53)49(39(32)52)35-10-11-36(50)47-38(35)51/h4-9,12,16,20-22,25,35H,10-11,13-15,17-19,24H2,1-3H3,(H,47,50,51). The van der Waals surface area contributed by atoms with Crippen molar-refractivity contribution in [2.75, 3.05) is 30.9 Å². The Morgan fingerprint density at radius 2 is 1.70 bits per heavy atom. The molecule has 1 unspecified atom stereocenters. The van der Waals surface area contributed by atoms with Gasteiger partial charge < -0.3 is 14.4 Å². The fourth-order valence-corrected chi connectivity index (χ4v) is 8.14. The molecule has 0 bridgehead atoms. The third-order valence-corrected chi connectivity index (χ3v) is 11.7. The molecule has 2 saturated heterocycles. The van der Waals surface area contributed by atoms with Crippen molar-refractivity contribution >= 4 is 52.7 Å². The van der Waals surface area contributed by atoms with Crippen LogP contribution < -0.4 is 19.7 Å². The van der Waals surface area contributed by atoms with Crippen molar-refractivity contribution in [2.24, 2.45) is 5.92 Å². The number of benzene rings is 3. The van der Waals surface area contributed by atoms with Crippen molar-refractivity contribution in [1.29, 1.82) is 5.26 Å². The van der Waals surface area contributed by atoms with E-state index in [2.05, 4.69) is 40.1 Å². The van der Waals surface area contributed by atoms with Gasteiger partial charge >= 0.3 is 0 Å². The van der Waals surface area contributed by atoms with Gasteiger partial charge in [0.2, 0.25) is 11.8 Å². The molecule has 4 heterocycles. The van der Waals surface area contributed by atoms with Gasteiger partial charge in [0, 0.05) is 36.8 Å². The van der Waals surface area contributed by atoms with Crippen LogP contribution in [-0.4, -0.2) is 70.5 Å². The molecule has 4 aromatic rings. The molecule has 0 aliphatic carbocycles. The van der Waals surface area contributed by atoms with Gasteiger partial charge in [0.05, 0.1) is 34.0 Å². The molecule has 0 saturated carbocycles. The lowest BCUT2D eigenvalue weighted by atomic mass is 9.77. The number of imide groups is 2. The van der Waals surface area contributed by atoms with Crippen LogP contribution in [0, 0.1) is 17.2 Å². The number of carbonyl (C=O) groups is 4. The molecule has 1 aromatic heterocycles. The zero-order valence-corrected chi connectivity index (χ0v) is 32.9. The lowest BCUT2D eigenvalue weighted by Gasteiger charge is -2.34. The Morgan fingerprint density at radius 1 is 0.946 bits per heavy atom. The van der Waals surface area contributed by atoms with Crippen molar-refractivity contribution in [2.45, 2.75) is 69.2 Å². The maximum Gasteiger partial charge on any atom is 0.262 e. The first kappa shape index (κ1) is 38.8. The molecule has 288 valence electrons. The minimum absolute atomic E-state index is 0.0755. The average Bonchev–Trinajstić information content (AvgIpc) is 3.45. The molecular weight excluding hydrogens is 752 g/mol. The third kappa shape index (κ3) is 7.94. The van der Waals surface area contributed by atoms with E-state index in [-0.39, 0.29) is 24.0 Å². The predicted molar refractivity (Wildman–Crippen MR) is 211 cm³/mol. The van der Waals surface area contributed by atoms with E-state index in [1.54, 1.807) is 18.3 Å². The van der Waals surface area contributed by atoms with Crippen LogP contribution in [0.3, 0.4) is 0 Å². The van der Waals surface area contributed by atoms with Crippen molar-refractivity contribution in [3.8, 4) is 17.6 Å². The summed E-state index contributed by atoms with van der Waals surface area (Å²) >= 11 is 8.27. The molecule has 3 aliphatic rings. The molecule has 56 heavy (non-hydrogen) atoms. The number of rotatable bonds is 12. The van der Waals surface area contributed by atoms with Crippen LogP contribution in [-0.2, 0) is 21.6 Å². The Kier molecular flexibility index (Phi) is 11.3. The smallest absolute Gasteiger partial charge is 0.262 e. The summed E-state index contributed by atoms with van der Waals surface area (Å²) in [5.41, 5.74) is 4.02. The SMILES string of the molecule is CSc1nccc(COc2ccc(C(C)(C)c3cc(Cl)c(OCCC4CCN(c5ccc6c(c5)C(=O)N(C5CCC(=O)NC5=O)C6=O)CC4)c(C#N)c3)cc2)n1. The summed E-state index contributed by atoms with van der Waals surface area (Å²) < 4.78 is 12.1. The largest absolute Gasteiger partial charge is 0.491 e. The van der Waals surface area contributed by atoms with Gasteiger partial charge in [0.1, 0.15) is 24.5 Å². The molecule has 3 aromatic carbocycles. The van der Waals surface area contributed by atoms with E-state index >= 15 is 0 Å². The number of thioether (sulfide) groups is 1. The maximum absolute atomic E-state index is 13.3. The lowest BCUT2D eigenvalue weighted by Crippen LogP contribution is -2.54. The van der Waals surface area contributed by atoms with Crippen LogP contribution in [0.25, 0.3) is 0 Å². The van der Waals surface area contributed by atoms with E-state index < -0.39 is 35.1 Å². The summed E-state index contributed by atoms with van der Waals surface area (Å²) in [6, 6.07) is 19.9. The second-order valence-corrected chi connectivity index (χ2v) is 15.8. The van der Waals surface area contributed by atoms with Gasteiger partial charge in [-0.2, -0.15) is 5.26 Å². The Morgan fingerprint density at radius 3 is 2.41 bits per heavy atom. The van der Waals surface area contributed by atoms with Crippen molar-refractivity contribution in [3.05, 3.63) is 105 Å². The number of halogens is 1. The molecule has 3 aliphatic heterocycles. The van der Waals surface area contributed by atoms with Crippen LogP contribution in [0.2, 0.25) is 5.02 Å². The van der Waals surface area contributed by atoms with Crippen molar-refractivity contribution in [3.63, 3.8) is 0 Å². The van der Waals surface area contributed by atoms with Gasteiger partial charge in [-0.15, -0.1) is 0 Å². The maximum atomic E-state index is 13.3. The summed E-state index contributed by atoms with van der Waals surface area (Å²) in [5, 5.41) is 13.4. The van der Waals surface area contributed by atoms with Crippen LogP contribution in [0.4, 0.5) is 5.69 Å². The molecule has 2 fully saturated rings. The quantitative estimate of drug-likeness (QED) is 0.0924. The van der Waals surface area contributed by atoms with E-state index in [9.17, 15) is 24.4 Å². The molecule has 7 rings (SSSR count). The van der Waals surface area contributed by atoms with Crippen LogP contribution in [0.15, 0.2) is 72.0 Å². The number of hydrogen-bond acceptors (Lipinski definition) is 11. The first-order chi connectivity index (χ1) is 27.0. The minimum atomic E-state index is -0.994. The Hall–Kier alpha value is -5.45. The van der Waals surface area contributed by atoms with Gasteiger partial charge in [-0.3, -0.25) is 29.4 Å². The summed E-state index contributed by atoms with van der Waals surface area (Å²) in [6.45, 7) is 6.42. The number of amides is 4. The average molecular weight is 793 g/mol. The van der Waals surface area contributed by atoms with Crippen molar-refractivity contribution in [1.82, 2.24) is 20.2 Å². The second kappa shape index (κ2) is 16.3. The van der Waals surface area contributed by atoms with E-state index in [1.165, 1.54) is 11.8 Å². The lowest BCUT2D eigenvalue weighted by molar-refractivity contribution is -0.136. The van der Waals surface area contributed by atoms with Crippen LogP contribution in [0.1, 0.15) is 89.1 Å². The number of nitrogens with one attached hydrogen (secondary N) is 1. The van der Waals surface area contributed by atoms with Crippen LogP contribution in [0.5, 0.6) is 11.5 Å².